The van der Waals surface area contributed by atoms with Gasteiger partial charge in [0, 0.05) is 38.1 Å². The lowest BCUT2D eigenvalue weighted by atomic mass is 10.1. The number of hydrogen-bond donors (Lipinski definition) is 0. The van der Waals surface area contributed by atoms with Crippen molar-refractivity contribution in [3.63, 3.8) is 0 Å². The van der Waals surface area contributed by atoms with E-state index in [2.05, 4.69) is 0 Å². The largest absolute Gasteiger partial charge is 0.345 e. The summed E-state index contributed by atoms with van der Waals surface area (Å²) in [6.07, 6.45) is 0.515. The molecule has 25 heavy (non-hydrogen) atoms. The Balaban J connectivity index is 1.78. The van der Waals surface area contributed by atoms with Gasteiger partial charge in [-0.1, -0.05) is 29.8 Å². The zero-order chi connectivity index (χ0) is 18.2. The molecule has 8 heteroatoms. The van der Waals surface area contributed by atoms with E-state index in [0.29, 0.717) is 30.1 Å². The molecule has 0 saturated carbocycles. The Kier molecular flexibility index (Phi) is 5.06. The van der Waals surface area contributed by atoms with Crippen molar-refractivity contribution in [3.05, 3.63) is 34.9 Å². The molecule has 1 aromatic carbocycles. The quantitative estimate of drug-likeness (QED) is 0.774. The Morgan fingerprint density at radius 1 is 1.24 bits per heavy atom. The molecule has 1 aromatic rings. The molecule has 6 nitrogen and oxygen atoms in total. The summed E-state index contributed by atoms with van der Waals surface area (Å²) in [4.78, 5) is 27.5. The van der Waals surface area contributed by atoms with Gasteiger partial charge in [-0.05, 0) is 18.1 Å². The van der Waals surface area contributed by atoms with Gasteiger partial charge in [-0.25, -0.2) is 8.42 Å². The van der Waals surface area contributed by atoms with E-state index in [4.69, 9.17) is 11.6 Å². The number of benzene rings is 1. The van der Waals surface area contributed by atoms with Crippen molar-refractivity contribution in [3.8, 4) is 0 Å². The minimum Gasteiger partial charge on any atom is -0.345 e. The van der Waals surface area contributed by atoms with Crippen LogP contribution in [0.5, 0.6) is 0 Å². The third-order valence-corrected chi connectivity index (χ3v) is 7.45. The van der Waals surface area contributed by atoms with Crippen molar-refractivity contribution < 1.29 is 18.0 Å². The summed E-state index contributed by atoms with van der Waals surface area (Å²) in [7, 11) is -1.73. The summed E-state index contributed by atoms with van der Waals surface area (Å²) >= 11 is 6.18. The van der Waals surface area contributed by atoms with Crippen LogP contribution in [0.1, 0.15) is 23.7 Å². The van der Waals surface area contributed by atoms with E-state index < -0.39 is 15.1 Å². The molecule has 0 aromatic heterocycles. The predicted molar refractivity (Wildman–Crippen MR) is 94.9 cm³/mol. The highest BCUT2D eigenvalue weighted by Gasteiger charge is 2.38. The molecule has 2 aliphatic rings. The number of nitrogens with zero attached hydrogens (tertiary/aromatic N) is 2. The highest BCUT2D eigenvalue weighted by Crippen LogP contribution is 2.34. The molecule has 2 amide bonds. The first-order valence-electron chi connectivity index (χ1n) is 8.28. The normalized spacial score (nSPS) is 26.6. The number of sulfone groups is 1. The van der Waals surface area contributed by atoms with E-state index in [1.165, 1.54) is 0 Å². The average molecular weight is 385 g/mol. The van der Waals surface area contributed by atoms with Gasteiger partial charge < -0.3 is 9.80 Å². The van der Waals surface area contributed by atoms with Crippen molar-refractivity contribution in [2.24, 2.45) is 5.92 Å². The molecule has 136 valence electrons. The molecular weight excluding hydrogens is 364 g/mol. The number of amides is 2. The molecule has 3 rings (SSSR count). The van der Waals surface area contributed by atoms with Crippen molar-refractivity contribution in [1.29, 1.82) is 0 Å². The first kappa shape index (κ1) is 18.2. The molecule has 0 N–H and O–H groups in total. The first-order valence-corrected chi connectivity index (χ1v) is 10.4. The maximum Gasteiger partial charge on any atom is 0.228 e. The van der Waals surface area contributed by atoms with E-state index in [1.807, 2.05) is 0 Å². The van der Waals surface area contributed by atoms with Gasteiger partial charge in [-0.2, -0.15) is 0 Å². The van der Waals surface area contributed by atoms with Gasteiger partial charge in [-0.3, -0.25) is 9.59 Å². The van der Waals surface area contributed by atoms with Gasteiger partial charge in [0.1, 0.15) is 0 Å². The third kappa shape index (κ3) is 3.67. The zero-order valence-corrected chi connectivity index (χ0v) is 15.6. The van der Waals surface area contributed by atoms with E-state index in [0.717, 1.165) is 0 Å². The summed E-state index contributed by atoms with van der Waals surface area (Å²) in [5, 5.41) is -0.272. The lowest BCUT2D eigenvalue weighted by molar-refractivity contribution is -0.135. The second kappa shape index (κ2) is 6.96. The van der Waals surface area contributed by atoms with Gasteiger partial charge in [0.15, 0.2) is 9.84 Å². The number of carbonyl (C=O) groups excluding carboxylic acids is 2. The zero-order valence-electron chi connectivity index (χ0n) is 14.0. The van der Waals surface area contributed by atoms with Crippen LogP contribution in [0.2, 0.25) is 5.02 Å². The molecule has 2 saturated heterocycles. The number of rotatable bonds is 2. The van der Waals surface area contributed by atoms with Gasteiger partial charge >= 0.3 is 0 Å². The van der Waals surface area contributed by atoms with Gasteiger partial charge in [-0.15, -0.1) is 0 Å². The smallest absolute Gasteiger partial charge is 0.228 e. The maximum absolute atomic E-state index is 12.7. The molecule has 2 fully saturated rings. The van der Waals surface area contributed by atoms with Crippen LogP contribution < -0.4 is 0 Å². The lowest BCUT2D eigenvalue weighted by Gasteiger charge is -2.23. The highest BCUT2D eigenvalue weighted by molar-refractivity contribution is 7.91. The van der Waals surface area contributed by atoms with Crippen LogP contribution >= 0.6 is 11.6 Å². The molecule has 0 bridgehead atoms. The molecule has 2 unspecified atom stereocenters. The second-order valence-corrected chi connectivity index (χ2v) is 9.38. The predicted octanol–water partition coefficient (Wildman–Crippen LogP) is 1.51. The molecule has 0 radical (unpaired) electrons. The summed E-state index contributed by atoms with van der Waals surface area (Å²) in [6, 6.07) is 6.94. The van der Waals surface area contributed by atoms with Crippen molar-refractivity contribution in [2.45, 2.75) is 18.1 Å². The van der Waals surface area contributed by atoms with E-state index >= 15 is 0 Å². The second-order valence-electron chi connectivity index (χ2n) is 6.67. The van der Waals surface area contributed by atoms with Gasteiger partial charge in [0.2, 0.25) is 11.8 Å². The molecule has 0 spiro atoms. The minimum atomic E-state index is -3.40. The number of halogens is 1. The molecule has 0 aliphatic carbocycles. The summed E-state index contributed by atoms with van der Waals surface area (Å²) < 4.78 is 25.4. The summed E-state index contributed by atoms with van der Waals surface area (Å²) in [5.41, 5.74) is 0.592. The molecular formula is C17H21ClN2O4S. The Labute approximate surface area is 152 Å². The lowest BCUT2D eigenvalue weighted by Crippen LogP contribution is -2.39. The van der Waals surface area contributed by atoms with Crippen molar-refractivity contribution in [2.75, 3.05) is 32.4 Å². The molecule has 2 heterocycles. The van der Waals surface area contributed by atoms with Gasteiger partial charge in [0.05, 0.1) is 16.9 Å². The van der Waals surface area contributed by atoms with E-state index in [-0.39, 0.29) is 36.5 Å². The van der Waals surface area contributed by atoms with E-state index in [1.54, 1.807) is 41.1 Å². The highest BCUT2D eigenvalue weighted by atomic mass is 35.5. The monoisotopic (exact) mass is 384 g/mol. The Bertz CT molecular complexity index is 796. The fourth-order valence-electron chi connectivity index (χ4n) is 3.54. The average Bonchev–Trinajstić information content (AvgIpc) is 2.81. The van der Waals surface area contributed by atoms with Gasteiger partial charge in [0.25, 0.3) is 0 Å². The van der Waals surface area contributed by atoms with Crippen molar-refractivity contribution in [1.82, 2.24) is 9.80 Å². The van der Waals surface area contributed by atoms with Crippen molar-refractivity contribution >= 4 is 33.3 Å². The van der Waals surface area contributed by atoms with Crippen LogP contribution in [0.15, 0.2) is 24.3 Å². The Morgan fingerprint density at radius 3 is 2.60 bits per heavy atom. The maximum atomic E-state index is 12.7. The minimum absolute atomic E-state index is 0.0465. The third-order valence-electron chi connectivity index (χ3n) is 4.99. The summed E-state index contributed by atoms with van der Waals surface area (Å²) in [6.45, 7) is 0.910. The standard InChI is InChI=1S/C17H21ClN2O4S/c1-19-11-12(10-16(19)21)17(22)20-7-6-15(25(23,24)9-8-20)13-4-2-3-5-14(13)18/h2-5,12,15H,6-11H2,1H3. The van der Waals surface area contributed by atoms with Crippen LogP contribution in [-0.2, 0) is 19.4 Å². The fourth-order valence-corrected chi connectivity index (χ4v) is 5.69. The SMILES string of the molecule is CN1CC(C(=O)N2CCC(c3ccccc3Cl)S(=O)(=O)CC2)CC1=O. The first-order chi connectivity index (χ1) is 11.8. The van der Waals surface area contributed by atoms with Crippen LogP contribution in [0, 0.1) is 5.92 Å². The van der Waals surface area contributed by atoms with E-state index in [9.17, 15) is 18.0 Å². The molecule has 2 atom stereocenters. The number of likely N-dealkylation sites (tertiary alicyclic amines) is 1. The summed E-state index contributed by atoms with van der Waals surface area (Å²) in [5.74, 6) is -0.648. The number of carbonyl (C=O) groups is 2. The Hall–Kier alpha value is -1.60. The van der Waals surface area contributed by atoms with Crippen LogP contribution in [0.4, 0.5) is 0 Å². The topological polar surface area (TPSA) is 74.8 Å². The fraction of sp³-hybridized carbons (Fsp3) is 0.529. The molecule has 2 aliphatic heterocycles. The number of hydrogen-bond acceptors (Lipinski definition) is 4. The van der Waals surface area contributed by atoms with Crippen LogP contribution in [0.3, 0.4) is 0 Å². The van der Waals surface area contributed by atoms with Crippen LogP contribution in [-0.4, -0.2) is 62.5 Å². The van der Waals surface area contributed by atoms with Crippen LogP contribution in [0.25, 0.3) is 0 Å². The Morgan fingerprint density at radius 2 is 1.96 bits per heavy atom.